The Labute approximate surface area is 111 Å². The molecule has 3 nitrogen and oxygen atoms in total. The third-order valence-electron chi connectivity index (χ3n) is 3.02. The van der Waals surface area contributed by atoms with Crippen molar-refractivity contribution in [1.82, 2.24) is 0 Å². The normalized spacial score (nSPS) is 13.0. The van der Waals surface area contributed by atoms with E-state index in [0.29, 0.717) is 6.42 Å². The predicted octanol–water partition coefficient (Wildman–Crippen LogP) is 3.91. The van der Waals surface area contributed by atoms with Crippen LogP contribution >= 0.6 is 0 Å². The smallest absolute Gasteiger partial charge is 0.332 e. The number of unbranched alkanes of at least 4 members (excludes halogenated alkanes) is 7. The van der Waals surface area contributed by atoms with Crippen molar-refractivity contribution < 1.29 is 15.0 Å². The van der Waals surface area contributed by atoms with E-state index in [1.807, 2.05) is 0 Å². The molecule has 0 aliphatic heterocycles. The molecule has 0 aliphatic carbocycles. The molecule has 0 aromatic carbocycles. The molecule has 0 rings (SSSR count). The number of aliphatic hydroxyl groups is 1. The van der Waals surface area contributed by atoms with Crippen LogP contribution in [-0.4, -0.2) is 22.3 Å². The monoisotopic (exact) mass is 256 g/mol. The van der Waals surface area contributed by atoms with Gasteiger partial charge < -0.3 is 10.2 Å². The van der Waals surface area contributed by atoms with Crippen molar-refractivity contribution >= 4 is 5.97 Å². The number of hydrogen-bond donors (Lipinski definition) is 2. The lowest BCUT2D eigenvalue weighted by Crippen LogP contribution is -2.18. The molecule has 2 N–H and O–H groups in total. The number of carboxylic acid groups (broad SMARTS) is 1. The third kappa shape index (κ3) is 11.6. The highest BCUT2D eigenvalue weighted by Gasteiger charge is 2.10. The van der Waals surface area contributed by atoms with E-state index < -0.39 is 12.1 Å². The van der Waals surface area contributed by atoms with Crippen LogP contribution in [0.15, 0.2) is 12.2 Å². The topological polar surface area (TPSA) is 57.5 Å². The minimum Gasteiger partial charge on any atom is -0.479 e. The highest BCUT2D eigenvalue weighted by atomic mass is 16.4. The first-order valence-electron chi connectivity index (χ1n) is 7.24. The van der Waals surface area contributed by atoms with Crippen molar-refractivity contribution in [1.29, 1.82) is 0 Å². The van der Waals surface area contributed by atoms with Crippen LogP contribution in [0.2, 0.25) is 0 Å². The van der Waals surface area contributed by atoms with E-state index in [1.54, 1.807) is 0 Å². The molecule has 1 unspecified atom stereocenters. The largest absolute Gasteiger partial charge is 0.479 e. The predicted molar refractivity (Wildman–Crippen MR) is 74.6 cm³/mol. The molecule has 0 aromatic heterocycles. The van der Waals surface area contributed by atoms with E-state index in [0.717, 1.165) is 19.3 Å². The summed E-state index contributed by atoms with van der Waals surface area (Å²) < 4.78 is 0. The molecule has 1 atom stereocenters. The molecule has 0 heterocycles. The zero-order valence-electron chi connectivity index (χ0n) is 11.6. The van der Waals surface area contributed by atoms with E-state index in [4.69, 9.17) is 10.2 Å². The van der Waals surface area contributed by atoms with Gasteiger partial charge in [0.05, 0.1) is 0 Å². The minimum atomic E-state index is -1.20. The summed E-state index contributed by atoms with van der Waals surface area (Å²) in [6.45, 7) is 2.23. The molecular formula is C15H28O3. The van der Waals surface area contributed by atoms with Crippen molar-refractivity contribution in [2.45, 2.75) is 77.2 Å². The van der Waals surface area contributed by atoms with Gasteiger partial charge >= 0.3 is 5.97 Å². The van der Waals surface area contributed by atoms with E-state index in [1.165, 1.54) is 38.5 Å². The van der Waals surface area contributed by atoms with Gasteiger partial charge in [-0.25, -0.2) is 4.79 Å². The van der Waals surface area contributed by atoms with Crippen LogP contribution in [0.3, 0.4) is 0 Å². The van der Waals surface area contributed by atoms with Gasteiger partial charge in [-0.2, -0.15) is 0 Å². The van der Waals surface area contributed by atoms with Crippen LogP contribution in [0.4, 0.5) is 0 Å². The minimum absolute atomic E-state index is 0.344. The summed E-state index contributed by atoms with van der Waals surface area (Å²) in [5.41, 5.74) is 0. The van der Waals surface area contributed by atoms with Crippen LogP contribution in [0.1, 0.15) is 71.1 Å². The standard InChI is InChI=1S/C15H28O3/c1-2-3-4-5-6-7-8-9-10-11-12-13-14(16)15(17)18/h9-10,14,16H,2-8,11-13H2,1H3,(H,17,18)/b10-9-. The van der Waals surface area contributed by atoms with E-state index >= 15 is 0 Å². The zero-order valence-corrected chi connectivity index (χ0v) is 11.6. The number of carboxylic acids is 1. The van der Waals surface area contributed by atoms with Crippen LogP contribution in [0.25, 0.3) is 0 Å². The number of aliphatic carboxylic acids is 1. The Morgan fingerprint density at radius 1 is 1.00 bits per heavy atom. The summed E-state index contributed by atoms with van der Waals surface area (Å²) in [5, 5.41) is 17.5. The molecule has 0 bridgehead atoms. The number of allylic oxidation sites excluding steroid dienone is 2. The van der Waals surface area contributed by atoms with Gasteiger partial charge in [0.1, 0.15) is 0 Å². The average Bonchev–Trinajstić information content (AvgIpc) is 2.35. The summed E-state index contributed by atoms with van der Waals surface area (Å²) in [4.78, 5) is 10.3. The Kier molecular flexibility index (Phi) is 12.0. The van der Waals surface area contributed by atoms with Crippen LogP contribution in [0, 0.1) is 0 Å². The number of aliphatic hydroxyl groups excluding tert-OH is 1. The van der Waals surface area contributed by atoms with Gasteiger partial charge in [0.2, 0.25) is 0 Å². The SMILES string of the molecule is CCCCCCCC/C=C\CCCC(O)C(=O)O. The summed E-state index contributed by atoms with van der Waals surface area (Å²) >= 11 is 0. The quantitative estimate of drug-likeness (QED) is 0.411. The molecule has 106 valence electrons. The lowest BCUT2D eigenvalue weighted by Gasteiger charge is -2.02. The first-order chi connectivity index (χ1) is 8.68. The Hall–Kier alpha value is -0.830. The molecule has 0 aromatic rings. The maximum atomic E-state index is 10.3. The maximum Gasteiger partial charge on any atom is 0.332 e. The van der Waals surface area contributed by atoms with Crippen molar-refractivity contribution in [2.75, 3.05) is 0 Å². The van der Waals surface area contributed by atoms with Gasteiger partial charge in [0.25, 0.3) is 0 Å². The van der Waals surface area contributed by atoms with Gasteiger partial charge in [-0.15, -0.1) is 0 Å². The fourth-order valence-electron chi connectivity index (χ4n) is 1.83. The summed E-state index contributed by atoms with van der Waals surface area (Å²) in [5.74, 6) is -1.12. The van der Waals surface area contributed by atoms with Crippen LogP contribution in [0.5, 0.6) is 0 Å². The zero-order chi connectivity index (χ0) is 13.6. The second-order valence-electron chi connectivity index (χ2n) is 4.81. The highest BCUT2D eigenvalue weighted by molar-refractivity contribution is 5.71. The van der Waals surface area contributed by atoms with Crippen molar-refractivity contribution in [2.24, 2.45) is 0 Å². The van der Waals surface area contributed by atoms with Crippen molar-refractivity contribution in [3.8, 4) is 0 Å². The second-order valence-corrected chi connectivity index (χ2v) is 4.81. The fraction of sp³-hybridized carbons (Fsp3) is 0.800. The van der Waals surface area contributed by atoms with E-state index in [9.17, 15) is 4.79 Å². The molecule has 0 saturated carbocycles. The van der Waals surface area contributed by atoms with Gasteiger partial charge in [-0.05, 0) is 32.1 Å². The first-order valence-corrected chi connectivity index (χ1v) is 7.24. The summed E-state index contributed by atoms with van der Waals surface area (Å²) in [6.07, 6.45) is 14.0. The second kappa shape index (κ2) is 12.6. The third-order valence-corrected chi connectivity index (χ3v) is 3.02. The molecule has 3 heteroatoms. The molecular weight excluding hydrogens is 228 g/mol. The lowest BCUT2D eigenvalue weighted by molar-refractivity contribution is -0.146. The number of rotatable bonds is 12. The summed E-state index contributed by atoms with van der Waals surface area (Å²) in [6, 6.07) is 0. The Morgan fingerprint density at radius 3 is 2.17 bits per heavy atom. The molecule has 0 fully saturated rings. The average molecular weight is 256 g/mol. The van der Waals surface area contributed by atoms with E-state index in [2.05, 4.69) is 19.1 Å². The van der Waals surface area contributed by atoms with Crippen molar-refractivity contribution in [3.05, 3.63) is 12.2 Å². The highest BCUT2D eigenvalue weighted by Crippen LogP contribution is 2.08. The molecule has 18 heavy (non-hydrogen) atoms. The Balaban J connectivity index is 3.21. The molecule has 0 radical (unpaired) electrons. The molecule has 0 spiro atoms. The molecule has 0 aliphatic rings. The summed E-state index contributed by atoms with van der Waals surface area (Å²) in [7, 11) is 0. The maximum absolute atomic E-state index is 10.3. The van der Waals surface area contributed by atoms with E-state index in [-0.39, 0.29) is 0 Å². The number of carbonyl (C=O) groups is 1. The van der Waals surface area contributed by atoms with Gasteiger partial charge in [-0.3, -0.25) is 0 Å². The van der Waals surface area contributed by atoms with Crippen molar-refractivity contribution in [3.63, 3.8) is 0 Å². The van der Waals surface area contributed by atoms with Gasteiger partial charge in [0, 0.05) is 0 Å². The molecule has 0 amide bonds. The first kappa shape index (κ1) is 17.2. The van der Waals surface area contributed by atoms with Gasteiger partial charge in [-0.1, -0.05) is 51.2 Å². The lowest BCUT2D eigenvalue weighted by atomic mass is 10.1. The fourth-order valence-corrected chi connectivity index (χ4v) is 1.83. The Bertz CT molecular complexity index is 224. The number of hydrogen-bond acceptors (Lipinski definition) is 2. The molecule has 0 saturated heterocycles. The van der Waals surface area contributed by atoms with Gasteiger partial charge in [0.15, 0.2) is 6.10 Å². The Morgan fingerprint density at radius 2 is 1.56 bits per heavy atom. The van der Waals surface area contributed by atoms with Crippen LogP contribution < -0.4 is 0 Å². The van der Waals surface area contributed by atoms with Crippen LogP contribution in [-0.2, 0) is 4.79 Å².